The zero-order valence-corrected chi connectivity index (χ0v) is 8.83. The summed E-state index contributed by atoms with van der Waals surface area (Å²) in [6.07, 6.45) is 0.604. The first-order chi connectivity index (χ1) is 7.27. The van der Waals surface area contributed by atoms with Gasteiger partial charge in [-0.05, 0) is 23.8 Å². The van der Waals surface area contributed by atoms with Crippen LogP contribution in [0.15, 0.2) is 42.5 Å². The van der Waals surface area contributed by atoms with E-state index >= 15 is 0 Å². The monoisotopic (exact) mass is 217 g/mol. The summed E-state index contributed by atoms with van der Waals surface area (Å²) >= 11 is 6.03. The molecule has 75 valence electrons. The summed E-state index contributed by atoms with van der Waals surface area (Å²) in [5.74, 6) is 0.261. The summed E-state index contributed by atoms with van der Waals surface area (Å²) in [6, 6.07) is 15.8. The van der Waals surface area contributed by atoms with Crippen molar-refractivity contribution in [1.82, 2.24) is 0 Å². The molecule has 1 N–H and O–H groups in total. The smallest absolute Gasteiger partial charge is 0.119 e. The molecule has 0 spiro atoms. The van der Waals surface area contributed by atoms with Gasteiger partial charge in [-0.25, -0.2) is 0 Å². The van der Waals surface area contributed by atoms with Crippen LogP contribution in [0.3, 0.4) is 0 Å². The molecular weight excluding hydrogens is 208 g/mol. The highest BCUT2D eigenvalue weighted by Crippen LogP contribution is 2.23. The first kappa shape index (κ1) is 10.1. The molecule has 0 saturated heterocycles. The summed E-state index contributed by atoms with van der Waals surface area (Å²) in [5, 5.41) is 10.3. The van der Waals surface area contributed by atoms with Gasteiger partial charge in [-0.3, -0.25) is 0 Å². The number of benzene rings is 2. The zero-order valence-electron chi connectivity index (χ0n) is 8.07. The number of phenols is 1. The Hall–Kier alpha value is -1.47. The average molecular weight is 218 g/mol. The van der Waals surface area contributed by atoms with Crippen LogP contribution in [0.4, 0.5) is 0 Å². The lowest BCUT2D eigenvalue weighted by Crippen LogP contribution is -1.89. The molecule has 0 atom stereocenters. The Morgan fingerprint density at radius 1 is 1.13 bits per heavy atom. The topological polar surface area (TPSA) is 20.2 Å². The Kier molecular flexibility index (Phi) is 2.93. The third kappa shape index (κ3) is 2.31. The standard InChI is InChI=1S/C13H10ClO/c14-12-7-3-1-5-10(12)9-11-6-2-4-8-13(11)15/h1-5,7-8,15H,9H2. The SMILES string of the molecule is Oc1ccc[c]c1Cc1ccccc1Cl. The van der Waals surface area contributed by atoms with Gasteiger partial charge in [0.2, 0.25) is 0 Å². The molecule has 0 aliphatic rings. The molecule has 0 unspecified atom stereocenters. The van der Waals surface area contributed by atoms with Crippen molar-refractivity contribution < 1.29 is 5.11 Å². The molecule has 15 heavy (non-hydrogen) atoms. The number of aromatic hydroxyl groups is 1. The Labute approximate surface area is 94.0 Å². The predicted molar refractivity (Wildman–Crippen MR) is 61.2 cm³/mol. The summed E-state index contributed by atoms with van der Waals surface area (Å²) in [7, 11) is 0. The first-order valence-corrected chi connectivity index (χ1v) is 5.07. The van der Waals surface area contributed by atoms with E-state index in [0.717, 1.165) is 11.1 Å². The number of halogens is 1. The third-order valence-electron chi connectivity index (χ3n) is 2.24. The molecule has 1 nitrogen and oxygen atoms in total. The van der Waals surface area contributed by atoms with Crippen molar-refractivity contribution in [3.63, 3.8) is 0 Å². The van der Waals surface area contributed by atoms with E-state index in [0.29, 0.717) is 11.4 Å². The van der Waals surface area contributed by atoms with Crippen LogP contribution in [0.1, 0.15) is 11.1 Å². The normalized spacial score (nSPS) is 10.2. The number of phenolic OH excluding ortho intramolecular Hbond substituents is 1. The van der Waals surface area contributed by atoms with Crippen LogP contribution in [0, 0.1) is 6.07 Å². The molecule has 1 radical (unpaired) electrons. The van der Waals surface area contributed by atoms with Crippen LogP contribution < -0.4 is 0 Å². The Bertz CT molecular complexity index is 422. The van der Waals surface area contributed by atoms with Gasteiger partial charge in [0.05, 0.1) is 0 Å². The molecular formula is C13H10ClO. The molecule has 0 bridgehead atoms. The van der Waals surface area contributed by atoms with Crippen LogP contribution in [-0.4, -0.2) is 5.11 Å². The summed E-state index contributed by atoms with van der Waals surface area (Å²) in [5.41, 5.74) is 1.77. The fourth-order valence-electron chi connectivity index (χ4n) is 1.44. The minimum atomic E-state index is 0.261. The lowest BCUT2D eigenvalue weighted by Gasteiger charge is -2.05. The van der Waals surface area contributed by atoms with Crippen LogP contribution in [0.25, 0.3) is 0 Å². The predicted octanol–water partition coefficient (Wildman–Crippen LogP) is 3.44. The minimum Gasteiger partial charge on any atom is -0.508 e. The van der Waals surface area contributed by atoms with Gasteiger partial charge in [0.25, 0.3) is 0 Å². The summed E-state index contributed by atoms with van der Waals surface area (Å²) < 4.78 is 0. The fraction of sp³-hybridized carbons (Fsp3) is 0.0769. The van der Waals surface area contributed by atoms with E-state index in [1.807, 2.05) is 24.3 Å². The van der Waals surface area contributed by atoms with Crippen molar-refractivity contribution in [3.05, 3.63) is 64.7 Å². The molecule has 0 heterocycles. The second-order valence-electron chi connectivity index (χ2n) is 3.30. The largest absolute Gasteiger partial charge is 0.508 e. The van der Waals surface area contributed by atoms with Gasteiger partial charge >= 0.3 is 0 Å². The number of hydrogen-bond acceptors (Lipinski definition) is 1. The van der Waals surface area contributed by atoms with Crippen molar-refractivity contribution >= 4 is 11.6 Å². The van der Waals surface area contributed by atoms with Gasteiger partial charge in [-0.2, -0.15) is 0 Å². The molecule has 2 heteroatoms. The molecule has 0 aromatic heterocycles. The van der Waals surface area contributed by atoms with Crippen molar-refractivity contribution in [1.29, 1.82) is 0 Å². The average Bonchev–Trinajstić information content (AvgIpc) is 2.24. The maximum Gasteiger partial charge on any atom is 0.119 e. The molecule has 0 saturated carbocycles. The quantitative estimate of drug-likeness (QED) is 0.817. The second kappa shape index (κ2) is 4.37. The van der Waals surface area contributed by atoms with Crippen LogP contribution in [-0.2, 0) is 6.42 Å². The summed E-state index contributed by atoms with van der Waals surface area (Å²) in [6.45, 7) is 0. The van der Waals surface area contributed by atoms with Gasteiger partial charge in [-0.1, -0.05) is 41.9 Å². The van der Waals surface area contributed by atoms with Gasteiger partial charge < -0.3 is 5.11 Å². The minimum absolute atomic E-state index is 0.261. The highest BCUT2D eigenvalue weighted by molar-refractivity contribution is 6.31. The van der Waals surface area contributed by atoms with E-state index in [-0.39, 0.29) is 5.75 Å². The molecule has 2 aromatic carbocycles. The highest BCUT2D eigenvalue weighted by Gasteiger charge is 2.04. The van der Waals surface area contributed by atoms with E-state index in [1.54, 1.807) is 18.2 Å². The molecule has 0 aliphatic heterocycles. The maximum atomic E-state index is 9.59. The molecule has 0 fully saturated rings. The molecule has 2 aromatic rings. The van der Waals surface area contributed by atoms with Crippen molar-refractivity contribution in [2.24, 2.45) is 0 Å². The van der Waals surface area contributed by atoms with E-state index in [1.165, 1.54) is 0 Å². The van der Waals surface area contributed by atoms with Crippen molar-refractivity contribution in [2.45, 2.75) is 6.42 Å². The highest BCUT2D eigenvalue weighted by atomic mass is 35.5. The van der Waals surface area contributed by atoms with E-state index in [9.17, 15) is 5.11 Å². The van der Waals surface area contributed by atoms with Gasteiger partial charge in [0.1, 0.15) is 5.75 Å². The van der Waals surface area contributed by atoms with E-state index in [4.69, 9.17) is 11.6 Å². The van der Waals surface area contributed by atoms with Gasteiger partial charge in [-0.15, -0.1) is 0 Å². The first-order valence-electron chi connectivity index (χ1n) is 4.69. The second-order valence-corrected chi connectivity index (χ2v) is 3.71. The van der Waals surface area contributed by atoms with E-state index in [2.05, 4.69) is 6.07 Å². The zero-order chi connectivity index (χ0) is 10.7. The van der Waals surface area contributed by atoms with Gasteiger partial charge in [0, 0.05) is 17.0 Å². The molecule has 0 amide bonds. The third-order valence-corrected chi connectivity index (χ3v) is 2.61. The number of rotatable bonds is 2. The van der Waals surface area contributed by atoms with Crippen LogP contribution in [0.5, 0.6) is 5.75 Å². The van der Waals surface area contributed by atoms with Crippen molar-refractivity contribution in [2.75, 3.05) is 0 Å². The molecule has 2 rings (SSSR count). The van der Waals surface area contributed by atoms with Crippen LogP contribution >= 0.6 is 11.6 Å². The van der Waals surface area contributed by atoms with E-state index < -0.39 is 0 Å². The lowest BCUT2D eigenvalue weighted by molar-refractivity contribution is 0.469. The Morgan fingerprint density at radius 3 is 2.67 bits per heavy atom. The Balaban J connectivity index is 2.30. The lowest BCUT2D eigenvalue weighted by atomic mass is 10.0. The van der Waals surface area contributed by atoms with Crippen LogP contribution in [0.2, 0.25) is 5.02 Å². The fourth-order valence-corrected chi connectivity index (χ4v) is 1.64. The van der Waals surface area contributed by atoms with Gasteiger partial charge in [0.15, 0.2) is 0 Å². The van der Waals surface area contributed by atoms with Crippen molar-refractivity contribution in [3.8, 4) is 5.75 Å². The number of hydrogen-bond donors (Lipinski definition) is 1. The Morgan fingerprint density at radius 2 is 1.93 bits per heavy atom. The molecule has 0 aliphatic carbocycles. The summed E-state index contributed by atoms with van der Waals surface area (Å²) in [4.78, 5) is 0. The maximum absolute atomic E-state index is 9.59.